The van der Waals surface area contributed by atoms with Gasteiger partial charge in [0, 0.05) is 51.5 Å². The number of piperidine rings is 1. The van der Waals surface area contributed by atoms with Gasteiger partial charge in [-0.2, -0.15) is 0 Å². The predicted octanol–water partition coefficient (Wildman–Crippen LogP) is 2.21. The average molecular weight is 415 g/mol. The van der Waals surface area contributed by atoms with Crippen LogP contribution in [-0.4, -0.2) is 63.2 Å². The van der Waals surface area contributed by atoms with Gasteiger partial charge in [0.05, 0.1) is 23.4 Å². The Balaban J connectivity index is 1.57. The Morgan fingerprint density at radius 1 is 1.24 bits per heavy atom. The van der Waals surface area contributed by atoms with Crippen LogP contribution in [0.25, 0.3) is 0 Å². The summed E-state index contributed by atoms with van der Waals surface area (Å²) < 4.78 is 0. The first-order chi connectivity index (χ1) is 14.0. The molecule has 2 aliphatic heterocycles. The van der Waals surface area contributed by atoms with Crippen LogP contribution < -0.4 is 5.32 Å². The van der Waals surface area contributed by atoms with Crippen LogP contribution in [0.4, 0.5) is 5.82 Å². The van der Waals surface area contributed by atoms with E-state index in [1.807, 2.05) is 23.8 Å². The van der Waals surface area contributed by atoms with Crippen molar-refractivity contribution in [3.63, 3.8) is 0 Å². The lowest BCUT2D eigenvalue weighted by Crippen LogP contribution is -2.40. The Morgan fingerprint density at radius 2 is 2.07 bits per heavy atom. The molecule has 0 unspecified atom stereocenters. The minimum Gasteiger partial charge on any atom is -0.373 e. The van der Waals surface area contributed by atoms with Gasteiger partial charge in [0.2, 0.25) is 5.91 Å². The number of nitrogens with zero attached hydrogens (tertiary/aromatic N) is 5. The minimum absolute atomic E-state index is 0.0543. The summed E-state index contributed by atoms with van der Waals surface area (Å²) in [5.41, 5.74) is 4.53. The number of hydrogen-bond donors (Lipinski definition) is 1. The second-order valence-corrected chi connectivity index (χ2v) is 8.51. The maximum absolute atomic E-state index is 12.9. The second kappa shape index (κ2) is 8.06. The summed E-state index contributed by atoms with van der Waals surface area (Å²) in [6.45, 7) is 6.07. The largest absolute Gasteiger partial charge is 0.373 e. The molecule has 1 fully saturated rings. The van der Waals surface area contributed by atoms with E-state index in [4.69, 9.17) is 9.97 Å². The first-order valence-electron chi connectivity index (χ1n) is 10.00. The van der Waals surface area contributed by atoms with Crippen LogP contribution in [0.2, 0.25) is 0 Å². The lowest BCUT2D eigenvalue weighted by Gasteiger charge is -2.33. The predicted molar refractivity (Wildman–Crippen MR) is 111 cm³/mol. The molecule has 0 radical (unpaired) electrons. The highest BCUT2D eigenvalue weighted by Crippen LogP contribution is 2.31. The summed E-state index contributed by atoms with van der Waals surface area (Å²) in [5.74, 6) is 1.82. The van der Waals surface area contributed by atoms with Gasteiger partial charge in [-0.25, -0.2) is 15.0 Å². The second-order valence-electron chi connectivity index (χ2n) is 7.65. The van der Waals surface area contributed by atoms with Crippen LogP contribution in [0.1, 0.15) is 58.1 Å². The van der Waals surface area contributed by atoms with Gasteiger partial charge in [-0.15, -0.1) is 11.3 Å². The smallest absolute Gasteiger partial charge is 0.265 e. The Morgan fingerprint density at radius 3 is 2.76 bits per heavy atom. The van der Waals surface area contributed by atoms with Gasteiger partial charge >= 0.3 is 0 Å². The van der Waals surface area contributed by atoms with E-state index in [0.717, 1.165) is 59.3 Å². The number of rotatable bonds is 3. The highest BCUT2D eigenvalue weighted by atomic mass is 32.1. The standard InChI is InChI=1S/C20H26N6O2S/c1-12-17(29-11-22-12)20(28)26-7-4-5-14(9-26)18-23-16-6-8-25(13(2)27)10-15(16)19(21-3)24-18/h11,14H,4-10H2,1-3H3,(H,21,23,24)/t14-/m0/s1. The van der Waals surface area contributed by atoms with Gasteiger partial charge in [0.25, 0.3) is 5.91 Å². The third-order valence-corrected chi connectivity index (χ3v) is 6.69. The number of likely N-dealkylation sites (tertiary alicyclic amines) is 1. The van der Waals surface area contributed by atoms with E-state index < -0.39 is 0 Å². The monoisotopic (exact) mass is 414 g/mol. The van der Waals surface area contributed by atoms with Crippen LogP contribution in [-0.2, 0) is 17.8 Å². The third-order valence-electron chi connectivity index (χ3n) is 5.77. The molecule has 8 nitrogen and oxygen atoms in total. The maximum atomic E-state index is 12.9. The van der Waals surface area contributed by atoms with Gasteiger partial charge in [-0.1, -0.05) is 0 Å². The number of thiazole rings is 1. The van der Waals surface area contributed by atoms with Crippen LogP contribution in [0.5, 0.6) is 0 Å². The number of carbonyl (C=O) groups is 2. The number of fused-ring (bicyclic) bond motifs is 1. The van der Waals surface area contributed by atoms with Crippen LogP contribution >= 0.6 is 11.3 Å². The van der Waals surface area contributed by atoms with Gasteiger partial charge < -0.3 is 15.1 Å². The van der Waals surface area contributed by atoms with Crippen molar-refractivity contribution < 1.29 is 9.59 Å². The lowest BCUT2D eigenvalue weighted by molar-refractivity contribution is -0.129. The molecular formula is C20H26N6O2S. The molecule has 1 N–H and O–H groups in total. The van der Waals surface area contributed by atoms with Gasteiger partial charge in [0.1, 0.15) is 16.5 Å². The van der Waals surface area contributed by atoms with Crippen LogP contribution in [0.3, 0.4) is 0 Å². The molecule has 0 aromatic carbocycles. The summed E-state index contributed by atoms with van der Waals surface area (Å²) in [6, 6.07) is 0. The fourth-order valence-electron chi connectivity index (χ4n) is 4.11. The summed E-state index contributed by atoms with van der Waals surface area (Å²) >= 11 is 1.40. The average Bonchev–Trinajstić information content (AvgIpc) is 3.17. The molecule has 2 aliphatic rings. The number of nitrogens with one attached hydrogen (secondary N) is 1. The zero-order chi connectivity index (χ0) is 20.5. The summed E-state index contributed by atoms with van der Waals surface area (Å²) in [4.78, 5) is 43.0. The summed E-state index contributed by atoms with van der Waals surface area (Å²) in [7, 11) is 1.85. The SMILES string of the molecule is CNc1nc([C@H]2CCCN(C(=O)c3scnc3C)C2)nc2c1CN(C(C)=O)CC2. The van der Waals surface area contributed by atoms with E-state index in [-0.39, 0.29) is 17.7 Å². The van der Waals surface area contributed by atoms with Crippen LogP contribution in [0, 0.1) is 6.92 Å². The Bertz CT molecular complexity index is 926. The number of hydrogen-bond acceptors (Lipinski definition) is 7. The molecule has 1 saturated heterocycles. The maximum Gasteiger partial charge on any atom is 0.265 e. The highest BCUT2D eigenvalue weighted by molar-refractivity contribution is 7.11. The van der Waals surface area contributed by atoms with Crippen molar-refractivity contribution in [3.05, 3.63) is 33.2 Å². The van der Waals surface area contributed by atoms with Crippen molar-refractivity contribution in [2.75, 3.05) is 32.0 Å². The van der Waals surface area contributed by atoms with Crippen molar-refractivity contribution in [1.29, 1.82) is 0 Å². The zero-order valence-corrected chi connectivity index (χ0v) is 17.9. The number of carbonyl (C=O) groups excluding carboxylic acids is 2. The molecule has 4 rings (SSSR count). The third kappa shape index (κ3) is 3.83. The molecule has 0 saturated carbocycles. The van der Waals surface area contributed by atoms with Gasteiger partial charge in [-0.3, -0.25) is 9.59 Å². The van der Waals surface area contributed by atoms with Crippen molar-refractivity contribution in [1.82, 2.24) is 24.8 Å². The van der Waals surface area contributed by atoms with Crippen molar-refractivity contribution in [2.45, 2.75) is 45.6 Å². The Labute approximate surface area is 174 Å². The lowest BCUT2D eigenvalue weighted by atomic mass is 9.96. The molecule has 4 heterocycles. The molecule has 9 heteroatoms. The zero-order valence-electron chi connectivity index (χ0n) is 17.1. The Kier molecular flexibility index (Phi) is 5.49. The molecule has 0 aliphatic carbocycles. The molecule has 29 heavy (non-hydrogen) atoms. The van der Waals surface area contributed by atoms with Gasteiger partial charge in [-0.05, 0) is 19.8 Å². The minimum atomic E-state index is 0.0543. The first-order valence-corrected chi connectivity index (χ1v) is 10.9. The van der Waals surface area contributed by atoms with Crippen LogP contribution in [0.15, 0.2) is 5.51 Å². The fraction of sp³-hybridized carbons (Fsp3) is 0.550. The molecular weight excluding hydrogens is 388 g/mol. The molecule has 0 spiro atoms. The summed E-state index contributed by atoms with van der Waals surface area (Å²) in [6.07, 6.45) is 2.63. The fourth-order valence-corrected chi connectivity index (χ4v) is 4.88. The van der Waals surface area contributed by atoms with E-state index in [1.165, 1.54) is 11.3 Å². The summed E-state index contributed by atoms with van der Waals surface area (Å²) in [5, 5.41) is 3.18. The molecule has 2 aromatic rings. The molecule has 0 bridgehead atoms. The van der Waals surface area contributed by atoms with Crippen molar-refractivity contribution >= 4 is 29.0 Å². The van der Waals surface area contributed by atoms with E-state index >= 15 is 0 Å². The van der Waals surface area contributed by atoms with E-state index in [1.54, 1.807) is 12.4 Å². The van der Waals surface area contributed by atoms with E-state index in [9.17, 15) is 9.59 Å². The molecule has 154 valence electrons. The number of aryl methyl sites for hydroxylation is 1. The Hall–Kier alpha value is -2.55. The number of amides is 2. The van der Waals surface area contributed by atoms with Crippen molar-refractivity contribution in [2.24, 2.45) is 0 Å². The van der Waals surface area contributed by atoms with Crippen molar-refractivity contribution in [3.8, 4) is 0 Å². The van der Waals surface area contributed by atoms with E-state index in [2.05, 4.69) is 10.3 Å². The quantitative estimate of drug-likeness (QED) is 0.828. The number of aromatic nitrogens is 3. The van der Waals surface area contributed by atoms with E-state index in [0.29, 0.717) is 19.6 Å². The molecule has 2 amide bonds. The molecule has 2 aromatic heterocycles. The van der Waals surface area contributed by atoms with Gasteiger partial charge in [0.15, 0.2) is 0 Å². The molecule has 1 atom stereocenters. The number of anilines is 1. The first kappa shape index (κ1) is 19.8. The topological polar surface area (TPSA) is 91.3 Å². The highest BCUT2D eigenvalue weighted by Gasteiger charge is 2.31. The normalized spacial score (nSPS) is 19.1.